The van der Waals surface area contributed by atoms with E-state index in [0.29, 0.717) is 23.5 Å². The molecular formula is C28H21F2N3O. The molecule has 0 saturated carbocycles. The Morgan fingerprint density at radius 3 is 2.35 bits per heavy atom. The van der Waals surface area contributed by atoms with Crippen molar-refractivity contribution in [2.45, 2.75) is 11.8 Å². The maximum Gasteiger partial charge on any atom is 0.270 e. The fourth-order valence-electron chi connectivity index (χ4n) is 4.45. The Labute approximate surface area is 195 Å². The number of nitrogens with one attached hydrogen (secondary N) is 1. The Balaban J connectivity index is 1.69. The van der Waals surface area contributed by atoms with E-state index >= 15 is 0 Å². The van der Waals surface area contributed by atoms with E-state index in [1.807, 2.05) is 72.8 Å². The Hall–Kier alpha value is -4.32. The summed E-state index contributed by atoms with van der Waals surface area (Å²) in [6.07, 6.45) is 5.38. The molecule has 0 amide bonds. The molecule has 168 valence electrons. The SMILES string of the molecule is C=CC(=O)n1nc(Nc2ccccc2)c2c1CC(c1ccccc1)(c1ccc(F)c(F)c1)C=C2. The highest BCUT2D eigenvalue weighted by molar-refractivity contribution is 5.91. The standard InChI is InChI=1S/C28H21F2N3O/c1-2-26(34)33-25-18-28(19-9-5-3-6-10-19,20-13-14-23(29)24(30)17-20)16-15-22(25)27(32-33)31-21-11-7-4-8-12-21/h2-17H,1,18H2,(H,31,32). The van der Waals surface area contributed by atoms with Crippen LogP contribution in [0, 0.1) is 11.6 Å². The molecule has 1 N–H and O–H groups in total. The number of nitrogens with zero attached hydrogens (tertiary/aromatic N) is 2. The number of halogens is 2. The second-order valence-electron chi connectivity index (χ2n) is 8.13. The second kappa shape index (κ2) is 8.56. The van der Waals surface area contributed by atoms with Crippen molar-refractivity contribution in [3.05, 3.63) is 132 Å². The molecule has 4 aromatic rings. The van der Waals surface area contributed by atoms with Crippen molar-refractivity contribution >= 4 is 23.5 Å². The molecule has 1 aromatic heterocycles. The smallest absolute Gasteiger partial charge is 0.270 e. The van der Waals surface area contributed by atoms with Crippen LogP contribution in [-0.4, -0.2) is 15.7 Å². The minimum absolute atomic E-state index is 0.316. The lowest BCUT2D eigenvalue weighted by atomic mass is 9.68. The minimum atomic E-state index is -0.922. The van der Waals surface area contributed by atoms with Gasteiger partial charge < -0.3 is 5.32 Å². The summed E-state index contributed by atoms with van der Waals surface area (Å²) in [4.78, 5) is 12.8. The van der Waals surface area contributed by atoms with Crippen molar-refractivity contribution in [2.75, 3.05) is 5.32 Å². The van der Waals surface area contributed by atoms with E-state index in [2.05, 4.69) is 17.0 Å². The summed E-state index contributed by atoms with van der Waals surface area (Å²) < 4.78 is 29.4. The molecule has 1 unspecified atom stereocenters. The van der Waals surface area contributed by atoms with Crippen LogP contribution in [0.2, 0.25) is 0 Å². The van der Waals surface area contributed by atoms with E-state index in [1.165, 1.54) is 16.8 Å². The Bertz CT molecular complexity index is 1410. The highest BCUT2D eigenvalue weighted by Gasteiger charge is 2.38. The predicted octanol–water partition coefficient (Wildman–Crippen LogP) is 6.29. The monoisotopic (exact) mass is 453 g/mol. The molecule has 0 spiro atoms. The Morgan fingerprint density at radius 2 is 1.68 bits per heavy atom. The van der Waals surface area contributed by atoms with Gasteiger partial charge in [-0.15, -0.1) is 5.10 Å². The average molecular weight is 453 g/mol. The highest BCUT2D eigenvalue weighted by Crippen LogP contribution is 2.43. The zero-order valence-electron chi connectivity index (χ0n) is 18.2. The summed E-state index contributed by atoms with van der Waals surface area (Å²) in [5.74, 6) is -1.68. The molecule has 1 aliphatic rings. The third kappa shape index (κ3) is 3.63. The van der Waals surface area contributed by atoms with Crippen molar-refractivity contribution in [1.82, 2.24) is 9.78 Å². The zero-order valence-corrected chi connectivity index (χ0v) is 18.2. The molecule has 0 aliphatic heterocycles. The number of aromatic nitrogens is 2. The zero-order chi connectivity index (χ0) is 23.7. The van der Waals surface area contributed by atoms with Crippen LogP contribution in [0.5, 0.6) is 0 Å². The lowest BCUT2D eigenvalue weighted by Crippen LogP contribution is -2.32. The normalized spacial score (nSPS) is 16.6. The van der Waals surface area contributed by atoms with Crippen molar-refractivity contribution in [1.29, 1.82) is 0 Å². The topological polar surface area (TPSA) is 46.9 Å². The molecule has 6 heteroatoms. The van der Waals surface area contributed by atoms with Gasteiger partial charge in [-0.2, -0.15) is 4.68 Å². The molecule has 0 radical (unpaired) electrons. The first-order valence-electron chi connectivity index (χ1n) is 10.8. The maximum atomic E-state index is 14.3. The molecule has 1 atom stereocenters. The third-order valence-corrected chi connectivity index (χ3v) is 6.15. The van der Waals surface area contributed by atoms with E-state index in [-0.39, 0.29) is 5.91 Å². The molecule has 4 nitrogen and oxygen atoms in total. The first-order chi connectivity index (χ1) is 16.5. The number of carbonyl (C=O) groups excluding carboxylic acids is 1. The van der Waals surface area contributed by atoms with E-state index in [1.54, 1.807) is 6.07 Å². The quantitative estimate of drug-likeness (QED) is 0.362. The van der Waals surface area contributed by atoms with Gasteiger partial charge in [-0.25, -0.2) is 8.78 Å². The van der Waals surface area contributed by atoms with Gasteiger partial charge in [0.2, 0.25) is 0 Å². The maximum absolute atomic E-state index is 14.3. The summed E-state index contributed by atoms with van der Waals surface area (Å²) in [6.45, 7) is 3.61. The number of allylic oxidation sites excluding steroid dienone is 2. The van der Waals surface area contributed by atoms with Gasteiger partial charge in [0.25, 0.3) is 5.91 Å². The molecule has 0 saturated heterocycles. The summed E-state index contributed by atoms with van der Waals surface area (Å²) >= 11 is 0. The van der Waals surface area contributed by atoms with Crippen LogP contribution in [0.25, 0.3) is 6.08 Å². The summed E-state index contributed by atoms with van der Waals surface area (Å²) in [5, 5.41) is 7.82. The number of para-hydroxylation sites is 1. The number of fused-ring (bicyclic) bond motifs is 1. The summed E-state index contributed by atoms with van der Waals surface area (Å²) in [7, 11) is 0. The van der Waals surface area contributed by atoms with Gasteiger partial charge in [0, 0.05) is 23.1 Å². The van der Waals surface area contributed by atoms with Crippen LogP contribution >= 0.6 is 0 Å². The summed E-state index contributed by atoms with van der Waals surface area (Å²) in [5.41, 5.74) is 2.88. The van der Waals surface area contributed by atoms with E-state index < -0.39 is 17.0 Å². The lowest BCUT2D eigenvalue weighted by molar-refractivity contribution is 0.0950. The van der Waals surface area contributed by atoms with Gasteiger partial charge in [-0.1, -0.05) is 73.3 Å². The molecule has 34 heavy (non-hydrogen) atoms. The largest absolute Gasteiger partial charge is 0.338 e. The fraction of sp³-hybridized carbons (Fsp3) is 0.0714. The van der Waals surface area contributed by atoms with Gasteiger partial charge >= 0.3 is 0 Å². The number of hydrogen-bond donors (Lipinski definition) is 1. The van der Waals surface area contributed by atoms with Gasteiger partial charge in [0.1, 0.15) is 0 Å². The van der Waals surface area contributed by atoms with Crippen LogP contribution in [0.15, 0.2) is 97.6 Å². The number of rotatable bonds is 5. The Morgan fingerprint density at radius 1 is 0.971 bits per heavy atom. The molecular weight excluding hydrogens is 432 g/mol. The van der Waals surface area contributed by atoms with Gasteiger partial charge in [0.15, 0.2) is 17.5 Å². The van der Waals surface area contributed by atoms with Gasteiger partial charge in [0.05, 0.1) is 5.69 Å². The number of benzene rings is 3. The van der Waals surface area contributed by atoms with Crippen molar-refractivity contribution in [3.63, 3.8) is 0 Å². The average Bonchev–Trinajstić information content (AvgIpc) is 3.23. The number of carbonyl (C=O) groups is 1. The first kappa shape index (κ1) is 21.5. The fourth-order valence-corrected chi connectivity index (χ4v) is 4.45. The predicted molar refractivity (Wildman–Crippen MR) is 129 cm³/mol. The Kier molecular flexibility index (Phi) is 5.42. The first-order valence-corrected chi connectivity index (χ1v) is 10.8. The second-order valence-corrected chi connectivity index (χ2v) is 8.13. The van der Waals surface area contributed by atoms with Crippen molar-refractivity contribution < 1.29 is 13.6 Å². The molecule has 0 fully saturated rings. The van der Waals surface area contributed by atoms with Gasteiger partial charge in [-0.05, 0) is 41.5 Å². The van der Waals surface area contributed by atoms with Crippen molar-refractivity contribution in [2.24, 2.45) is 0 Å². The molecule has 3 aromatic carbocycles. The highest BCUT2D eigenvalue weighted by atomic mass is 19.2. The van der Waals surface area contributed by atoms with E-state index in [4.69, 9.17) is 0 Å². The van der Waals surface area contributed by atoms with E-state index in [9.17, 15) is 13.6 Å². The van der Waals surface area contributed by atoms with Crippen LogP contribution in [0.4, 0.5) is 20.3 Å². The number of anilines is 2. The number of hydrogen-bond acceptors (Lipinski definition) is 3. The van der Waals surface area contributed by atoms with Crippen LogP contribution < -0.4 is 5.32 Å². The lowest BCUT2D eigenvalue weighted by Gasteiger charge is -2.35. The summed E-state index contributed by atoms with van der Waals surface area (Å²) in [6, 6.07) is 23.0. The molecule has 5 rings (SSSR count). The molecule has 0 bridgehead atoms. The molecule has 1 heterocycles. The van der Waals surface area contributed by atoms with Crippen LogP contribution in [0.3, 0.4) is 0 Å². The van der Waals surface area contributed by atoms with Crippen LogP contribution in [-0.2, 0) is 11.8 Å². The minimum Gasteiger partial charge on any atom is -0.338 e. The third-order valence-electron chi connectivity index (χ3n) is 6.15. The van der Waals surface area contributed by atoms with E-state index in [0.717, 1.165) is 22.9 Å². The van der Waals surface area contributed by atoms with Crippen molar-refractivity contribution in [3.8, 4) is 0 Å². The molecule has 1 aliphatic carbocycles. The van der Waals surface area contributed by atoms with Crippen LogP contribution in [0.1, 0.15) is 27.2 Å². The van der Waals surface area contributed by atoms with Gasteiger partial charge in [-0.3, -0.25) is 4.79 Å².